The van der Waals surface area contributed by atoms with Crippen LogP contribution in [-0.4, -0.2) is 46.5 Å². The number of nitrogens with zero attached hydrogens (tertiary/aromatic N) is 3. The molecule has 2 aromatic heterocycles. The van der Waals surface area contributed by atoms with E-state index in [9.17, 15) is 22.4 Å². The maximum atomic E-state index is 14.2. The van der Waals surface area contributed by atoms with Crippen molar-refractivity contribution >= 4 is 28.8 Å². The Balaban J connectivity index is 1.48. The van der Waals surface area contributed by atoms with Gasteiger partial charge in [-0.05, 0) is 25.0 Å². The lowest BCUT2D eigenvalue weighted by Crippen LogP contribution is -2.44. The van der Waals surface area contributed by atoms with Crippen LogP contribution in [0.3, 0.4) is 0 Å². The Bertz CT molecular complexity index is 1150. The molecule has 1 atom stereocenters. The molecule has 35 heavy (non-hydrogen) atoms. The van der Waals surface area contributed by atoms with E-state index < -0.39 is 30.0 Å². The van der Waals surface area contributed by atoms with Gasteiger partial charge in [0.2, 0.25) is 0 Å². The quantitative estimate of drug-likeness (QED) is 0.395. The SMILES string of the molecule is O=C(NCC(c1scnc1C(F)F)N1CCC(Oc2ccncc2F)CC1)c1c(F)cccc1Cl. The zero-order valence-corrected chi connectivity index (χ0v) is 19.8. The summed E-state index contributed by atoms with van der Waals surface area (Å²) in [6.07, 6.45) is 0.463. The summed E-state index contributed by atoms with van der Waals surface area (Å²) < 4.78 is 61.0. The molecule has 12 heteroatoms. The number of ether oxygens (including phenoxy) is 1. The molecule has 1 unspecified atom stereocenters. The van der Waals surface area contributed by atoms with E-state index in [0.29, 0.717) is 30.8 Å². The van der Waals surface area contributed by atoms with Gasteiger partial charge in [-0.25, -0.2) is 22.5 Å². The average molecular weight is 529 g/mol. The van der Waals surface area contributed by atoms with Crippen molar-refractivity contribution in [2.45, 2.75) is 31.4 Å². The fourth-order valence-electron chi connectivity index (χ4n) is 4.00. The van der Waals surface area contributed by atoms with E-state index in [0.717, 1.165) is 23.6 Å². The monoisotopic (exact) mass is 528 g/mol. The van der Waals surface area contributed by atoms with Gasteiger partial charge < -0.3 is 10.1 Å². The molecule has 1 saturated heterocycles. The van der Waals surface area contributed by atoms with Gasteiger partial charge in [0.15, 0.2) is 11.6 Å². The second-order valence-electron chi connectivity index (χ2n) is 7.88. The number of thiazole rings is 1. The van der Waals surface area contributed by atoms with Gasteiger partial charge in [0.05, 0.1) is 33.2 Å². The Labute approximate surface area is 207 Å². The predicted octanol–water partition coefficient (Wildman–Crippen LogP) is 5.42. The summed E-state index contributed by atoms with van der Waals surface area (Å²) in [6, 6.07) is 4.71. The van der Waals surface area contributed by atoms with Gasteiger partial charge in [0.1, 0.15) is 17.6 Å². The maximum absolute atomic E-state index is 14.2. The highest BCUT2D eigenvalue weighted by Crippen LogP contribution is 2.35. The second-order valence-corrected chi connectivity index (χ2v) is 9.18. The Morgan fingerprint density at radius 2 is 2.00 bits per heavy atom. The minimum atomic E-state index is -2.79. The lowest BCUT2D eigenvalue weighted by Gasteiger charge is -2.37. The molecule has 0 saturated carbocycles. The fourth-order valence-corrected chi connectivity index (χ4v) is 5.18. The van der Waals surface area contributed by atoms with Gasteiger partial charge in [-0.15, -0.1) is 11.3 Å². The van der Waals surface area contributed by atoms with Crippen molar-refractivity contribution in [1.29, 1.82) is 0 Å². The first-order valence-electron chi connectivity index (χ1n) is 10.8. The van der Waals surface area contributed by atoms with E-state index in [4.69, 9.17) is 16.3 Å². The molecule has 0 bridgehead atoms. The van der Waals surface area contributed by atoms with Gasteiger partial charge in [-0.1, -0.05) is 17.7 Å². The van der Waals surface area contributed by atoms with Crippen molar-refractivity contribution in [1.82, 2.24) is 20.2 Å². The number of rotatable bonds is 8. The number of carbonyl (C=O) groups excluding carboxylic acids is 1. The molecule has 0 aliphatic carbocycles. The molecule has 0 spiro atoms. The second kappa shape index (κ2) is 11.3. The smallest absolute Gasteiger partial charge is 0.281 e. The number of amides is 1. The van der Waals surface area contributed by atoms with Crippen molar-refractivity contribution in [3.05, 3.63) is 75.0 Å². The predicted molar refractivity (Wildman–Crippen MR) is 123 cm³/mol. The summed E-state index contributed by atoms with van der Waals surface area (Å²) >= 11 is 7.05. The van der Waals surface area contributed by atoms with Crippen LogP contribution >= 0.6 is 22.9 Å². The number of pyridine rings is 1. The molecule has 1 aromatic carbocycles. The summed E-state index contributed by atoms with van der Waals surface area (Å²) in [5, 5.41) is 2.58. The van der Waals surface area contributed by atoms with Crippen molar-refractivity contribution in [2.75, 3.05) is 19.6 Å². The summed E-state index contributed by atoms with van der Waals surface area (Å²) in [5.74, 6) is -1.98. The third kappa shape index (κ3) is 5.91. The van der Waals surface area contributed by atoms with E-state index in [1.54, 1.807) is 0 Å². The van der Waals surface area contributed by atoms with E-state index in [2.05, 4.69) is 15.3 Å². The van der Waals surface area contributed by atoms with Gasteiger partial charge in [0.25, 0.3) is 12.3 Å². The number of likely N-dealkylation sites (tertiary alicyclic amines) is 1. The number of aromatic nitrogens is 2. The number of carbonyl (C=O) groups is 1. The molecular formula is C23H21ClF4N4O2S. The molecule has 3 aromatic rings. The summed E-state index contributed by atoms with van der Waals surface area (Å²) in [5.41, 5.74) is 0.676. The van der Waals surface area contributed by atoms with Crippen LogP contribution in [0.15, 0.2) is 42.2 Å². The van der Waals surface area contributed by atoms with E-state index in [1.807, 2.05) is 4.90 Å². The third-order valence-electron chi connectivity index (χ3n) is 5.73. The minimum absolute atomic E-state index is 0.0496. The van der Waals surface area contributed by atoms with Crippen LogP contribution in [0.4, 0.5) is 17.6 Å². The van der Waals surface area contributed by atoms with Gasteiger partial charge >= 0.3 is 0 Å². The van der Waals surface area contributed by atoms with E-state index >= 15 is 0 Å². The van der Waals surface area contributed by atoms with Gasteiger partial charge in [-0.2, -0.15) is 0 Å². The minimum Gasteiger partial charge on any atom is -0.487 e. The average Bonchev–Trinajstić information content (AvgIpc) is 3.32. The normalized spacial score (nSPS) is 15.8. The van der Waals surface area contributed by atoms with Crippen LogP contribution in [0.25, 0.3) is 0 Å². The molecule has 1 N–H and O–H groups in total. The molecule has 1 aliphatic heterocycles. The number of nitrogens with one attached hydrogen (secondary N) is 1. The van der Waals surface area contributed by atoms with Crippen LogP contribution < -0.4 is 10.1 Å². The van der Waals surface area contributed by atoms with Crippen molar-refractivity contribution < 1.29 is 27.1 Å². The maximum Gasteiger partial charge on any atom is 0.281 e. The van der Waals surface area contributed by atoms with Crippen LogP contribution in [-0.2, 0) is 0 Å². The first-order valence-corrected chi connectivity index (χ1v) is 12.0. The molecule has 3 heterocycles. The molecule has 0 radical (unpaired) electrons. The summed E-state index contributed by atoms with van der Waals surface area (Å²) in [4.78, 5) is 22.4. The van der Waals surface area contributed by atoms with Crippen LogP contribution in [0.5, 0.6) is 5.75 Å². The lowest BCUT2D eigenvalue weighted by atomic mass is 10.0. The number of halogens is 5. The van der Waals surface area contributed by atoms with Crippen LogP contribution in [0, 0.1) is 11.6 Å². The van der Waals surface area contributed by atoms with Crippen LogP contribution in [0.2, 0.25) is 5.02 Å². The Hall–Kier alpha value is -2.76. The highest BCUT2D eigenvalue weighted by Gasteiger charge is 2.32. The molecule has 6 nitrogen and oxygen atoms in total. The summed E-state index contributed by atoms with van der Waals surface area (Å²) in [6.45, 7) is 0.827. The van der Waals surface area contributed by atoms with Gasteiger partial charge in [-0.3, -0.25) is 14.7 Å². The number of alkyl halides is 2. The molecule has 1 aliphatic rings. The lowest BCUT2D eigenvalue weighted by molar-refractivity contribution is 0.0683. The molecule has 4 rings (SSSR count). The Morgan fingerprint density at radius 3 is 2.69 bits per heavy atom. The largest absolute Gasteiger partial charge is 0.487 e. The molecular weight excluding hydrogens is 508 g/mol. The highest BCUT2D eigenvalue weighted by atomic mass is 35.5. The molecule has 1 amide bonds. The topological polar surface area (TPSA) is 67.4 Å². The zero-order chi connectivity index (χ0) is 24.9. The van der Waals surface area contributed by atoms with Crippen molar-refractivity contribution in [3.63, 3.8) is 0 Å². The van der Waals surface area contributed by atoms with E-state index in [1.165, 1.54) is 29.9 Å². The van der Waals surface area contributed by atoms with Crippen molar-refractivity contribution in [2.24, 2.45) is 0 Å². The Morgan fingerprint density at radius 1 is 1.23 bits per heavy atom. The van der Waals surface area contributed by atoms with Gasteiger partial charge in [0, 0.05) is 31.9 Å². The zero-order valence-electron chi connectivity index (χ0n) is 18.3. The molecule has 1 fully saturated rings. The molecule has 186 valence electrons. The van der Waals surface area contributed by atoms with Crippen molar-refractivity contribution in [3.8, 4) is 5.75 Å². The summed E-state index contributed by atoms with van der Waals surface area (Å²) in [7, 11) is 0. The first kappa shape index (κ1) is 25.3. The highest BCUT2D eigenvalue weighted by molar-refractivity contribution is 7.09. The van der Waals surface area contributed by atoms with Crippen LogP contribution in [0.1, 0.15) is 46.2 Å². The first-order chi connectivity index (χ1) is 16.8. The Kier molecular flexibility index (Phi) is 8.19. The standard InChI is InChI=1S/C23H21ClF4N4O2S/c24-14-2-1-3-15(25)19(14)23(33)30-11-17(21-20(22(27)28)31-12-35-21)32-8-5-13(6-9-32)34-18-4-7-29-10-16(18)26/h1-4,7,10,12-13,17,22H,5-6,8-9,11H2,(H,30,33). The number of hydrogen-bond donors (Lipinski definition) is 1. The number of hydrogen-bond acceptors (Lipinski definition) is 6. The van der Waals surface area contributed by atoms with E-state index in [-0.39, 0.29) is 34.7 Å². The fraction of sp³-hybridized carbons (Fsp3) is 0.348. The number of piperidine rings is 1. The number of benzene rings is 1. The third-order valence-corrected chi connectivity index (χ3v) is 6.99.